The zero-order valence-corrected chi connectivity index (χ0v) is 16.4. The van der Waals surface area contributed by atoms with Crippen LogP contribution in [0.3, 0.4) is 0 Å². The van der Waals surface area contributed by atoms with Crippen LogP contribution in [0, 0.1) is 0 Å². The Labute approximate surface area is 160 Å². The Bertz CT molecular complexity index is 852. The summed E-state index contributed by atoms with van der Waals surface area (Å²) in [5.41, 5.74) is 2.34. The Morgan fingerprint density at radius 3 is 2.76 bits per heavy atom. The minimum Gasteiger partial charge on any atom is -0.306 e. The van der Waals surface area contributed by atoms with Crippen molar-refractivity contribution in [3.05, 3.63) is 56.8 Å². The molecule has 1 aliphatic carbocycles. The first kappa shape index (κ1) is 17.1. The van der Waals surface area contributed by atoms with Gasteiger partial charge in [-0.05, 0) is 37.5 Å². The van der Waals surface area contributed by atoms with Gasteiger partial charge in [0.2, 0.25) is 0 Å². The second kappa shape index (κ2) is 7.48. The summed E-state index contributed by atoms with van der Waals surface area (Å²) in [6.07, 6.45) is 3.36. The van der Waals surface area contributed by atoms with Gasteiger partial charge in [-0.2, -0.15) is 0 Å². The van der Waals surface area contributed by atoms with E-state index in [4.69, 9.17) is 16.6 Å². The van der Waals surface area contributed by atoms with Crippen molar-refractivity contribution in [3.8, 4) is 0 Å². The molecule has 7 heteroatoms. The predicted octanol–water partition coefficient (Wildman–Crippen LogP) is 5.17. The van der Waals surface area contributed by atoms with Gasteiger partial charge in [-0.25, -0.2) is 4.98 Å². The van der Waals surface area contributed by atoms with Gasteiger partial charge in [0.15, 0.2) is 5.16 Å². The van der Waals surface area contributed by atoms with E-state index in [0.717, 1.165) is 45.4 Å². The van der Waals surface area contributed by atoms with Gasteiger partial charge in [-0.15, -0.1) is 21.5 Å². The van der Waals surface area contributed by atoms with Crippen LogP contribution in [0.25, 0.3) is 0 Å². The van der Waals surface area contributed by atoms with E-state index in [-0.39, 0.29) is 0 Å². The van der Waals surface area contributed by atoms with Gasteiger partial charge in [-0.3, -0.25) is 0 Å². The summed E-state index contributed by atoms with van der Waals surface area (Å²) in [6, 6.07) is 7.97. The van der Waals surface area contributed by atoms with E-state index in [1.807, 2.05) is 12.1 Å². The van der Waals surface area contributed by atoms with Crippen LogP contribution in [0.2, 0.25) is 5.02 Å². The molecule has 4 rings (SSSR count). The molecule has 0 atom stereocenters. The quantitative estimate of drug-likeness (QED) is 0.522. The second-order valence-electron chi connectivity index (χ2n) is 6.18. The lowest BCUT2D eigenvalue weighted by molar-refractivity contribution is 0.643. The number of hydrogen-bond donors (Lipinski definition) is 0. The lowest BCUT2D eigenvalue weighted by Gasteiger charge is -2.05. The molecule has 0 N–H and O–H groups in total. The average Bonchev–Trinajstić information content (AvgIpc) is 3.23. The molecule has 0 spiro atoms. The van der Waals surface area contributed by atoms with Crippen molar-refractivity contribution in [2.75, 3.05) is 0 Å². The second-order valence-corrected chi connectivity index (χ2v) is 8.51. The zero-order chi connectivity index (χ0) is 17.2. The molecular formula is C18H19ClN4S2. The first-order chi connectivity index (χ1) is 12.2. The normalized spacial score (nSPS) is 14.2. The van der Waals surface area contributed by atoms with Crippen LogP contribution in [0.4, 0.5) is 0 Å². The third kappa shape index (κ3) is 4.07. The van der Waals surface area contributed by atoms with E-state index in [1.165, 1.54) is 18.4 Å². The maximum absolute atomic E-state index is 5.94. The van der Waals surface area contributed by atoms with Crippen molar-refractivity contribution in [1.82, 2.24) is 19.7 Å². The number of halogens is 1. The van der Waals surface area contributed by atoms with Crippen molar-refractivity contribution in [3.63, 3.8) is 0 Å². The minimum atomic E-state index is 0.632. The van der Waals surface area contributed by atoms with Gasteiger partial charge < -0.3 is 4.57 Å². The summed E-state index contributed by atoms with van der Waals surface area (Å²) < 4.78 is 2.25. The fourth-order valence-corrected chi connectivity index (χ4v) is 4.72. The van der Waals surface area contributed by atoms with Crippen molar-refractivity contribution < 1.29 is 0 Å². The van der Waals surface area contributed by atoms with Crippen molar-refractivity contribution in [2.24, 2.45) is 0 Å². The first-order valence-electron chi connectivity index (χ1n) is 8.46. The van der Waals surface area contributed by atoms with E-state index < -0.39 is 0 Å². The van der Waals surface area contributed by atoms with Crippen molar-refractivity contribution in [2.45, 2.75) is 49.6 Å². The van der Waals surface area contributed by atoms with Crippen LogP contribution in [0.5, 0.6) is 0 Å². The molecule has 1 fully saturated rings. The fraction of sp³-hybridized carbons (Fsp3) is 0.389. The zero-order valence-electron chi connectivity index (χ0n) is 14.0. The van der Waals surface area contributed by atoms with Gasteiger partial charge in [0, 0.05) is 35.0 Å². The van der Waals surface area contributed by atoms with Crippen LogP contribution >= 0.6 is 34.7 Å². The van der Waals surface area contributed by atoms with Gasteiger partial charge >= 0.3 is 0 Å². The SMILES string of the molecule is CCn1c(SCc2csc(Cc3ccc(Cl)cc3)n2)nnc1C1CC1. The number of aromatic nitrogens is 4. The number of rotatable bonds is 7. The molecule has 0 radical (unpaired) electrons. The van der Waals surface area contributed by atoms with E-state index in [1.54, 1.807) is 23.1 Å². The fourth-order valence-electron chi connectivity index (χ4n) is 2.76. The topological polar surface area (TPSA) is 43.6 Å². The molecule has 3 aromatic rings. The lowest BCUT2D eigenvalue weighted by Crippen LogP contribution is -2.02. The van der Waals surface area contributed by atoms with Gasteiger partial charge in [0.05, 0.1) is 10.7 Å². The third-order valence-electron chi connectivity index (χ3n) is 4.22. The van der Waals surface area contributed by atoms with Crippen LogP contribution < -0.4 is 0 Å². The number of nitrogens with zero attached hydrogens (tertiary/aromatic N) is 4. The Morgan fingerprint density at radius 1 is 1.24 bits per heavy atom. The first-order valence-corrected chi connectivity index (χ1v) is 10.7. The number of thioether (sulfide) groups is 1. The summed E-state index contributed by atoms with van der Waals surface area (Å²) in [6.45, 7) is 3.09. The molecule has 2 heterocycles. The number of hydrogen-bond acceptors (Lipinski definition) is 5. The highest BCUT2D eigenvalue weighted by Gasteiger charge is 2.29. The molecule has 0 unspecified atom stereocenters. The van der Waals surface area contributed by atoms with E-state index in [9.17, 15) is 0 Å². The predicted molar refractivity (Wildman–Crippen MR) is 104 cm³/mol. The highest BCUT2D eigenvalue weighted by molar-refractivity contribution is 7.98. The highest BCUT2D eigenvalue weighted by atomic mass is 35.5. The Balaban J connectivity index is 1.39. The van der Waals surface area contributed by atoms with Crippen molar-refractivity contribution >= 4 is 34.7 Å². The molecule has 0 saturated heterocycles. The molecule has 0 bridgehead atoms. The van der Waals surface area contributed by atoms with E-state index in [0.29, 0.717) is 5.92 Å². The summed E-state index contributed by atoms with van der Waals surface area (Å²) in [4.78, 5) is 4.76. The molecule has 0 aliphatic heterocycles. The summed E-state index contributed by atoms with van der Waals surface area (Å²) in [7, 11) is 0. The molecule has 4 nitrogen and oxygen atoms in total. The van der Waals surface area contributed by atoms with E-state index >= 15 is 0 Å². The summed E-state index contributed by atoms with van der Waals surface area (Å²) >= 11 is 9.38. The maximum atomic E-state index is 5.94. The van der Waals surface area contributed by atoms with Crippen molar-refractivity contribution in [1.29, 1.82) is 0 Å². The minimum absolute atomic E-state index is 0.632. The van der Waals surface area contributed by atoms with Crippen LogP contribution in [-0.2, 0) is 18.7 Å². The average molecular weight is 391 g/mol. The van der Waals surface area contributed by atoms with Crippen LogP contribution in [0.1, 0.15) is 47.8 Å². The molecule has 130 valence electrons. The summed E-state index contributed by atoms with van der Waals surface area (Å²) in [5.74, 6) is 2.62. The van der Waals surface area contributed by atoms with Gasteiger partial charge in [0.25, 0.3) is 0 Å². The largest absolute Gasteiger partial charge is 0.306 e. The number of benzene rings is 1. The third-order valence-corrected chi connectivity index (χ3v) is 6.37. The molecule has 1 aromatic carbocycles. The maximum Gasteiger partial charge on any atom is 0.191 e. The molecule has 2 aromatic heterocycles. The molecule has 25 heavy (non-hydrogen) atoms. The standard InChI is InChI=1S/C18H19ClN4S2/c1-2-23-17(13-5-6-13)21-22-18(23)25-11-15-10-24-16(20-15)9-12-3-7-14(19)8-4-12/h3-4,7-8,10,13H,2,5-6,9,11H2,1H3. The molecule has 1 aliphatic rings. The monoisotopic (exact) mass is 390 g/mol. The van der Waals surface area contributed by atoms with Crippen LogP contribution in [0.15, 0.2) is 34.8 Å². The van der Waals surface area contributed by atoms with Gasteiger partial charge in [-0.1, -0.05) is 35.5 Å². The highest BCUT2D eigenvalue weighted by Crippen LogP contribution is 2.40. The van der Waals surface area contributed by atoms with Crippen LogP contribution in [-0.4, -0.2) is 19.7 Å². The van der Waals surface area contributed by atoms with E-state index in [2.05, 4.69) is 39.2 Å². The molecule has 1 saturated carbocycles. The Hall–Kier alpha value is -1.37. The number of thiazole rings is 1. The lowest BCUT2D eigenvalue weighted by atomic mass is 10.2. The molecule has 0 amide bonds. The Morgan fingerprint density at radius 2 is 2.04 bits per heavy atom. The van der Waals surface area contributed by atoms with Gasteiger partial charge in [0.1, 0.15) is 5.82 Å². The smallest absolute Gasteiger partial charge is 0.191 e. The molecular weight excluding hydrogens is 372 g/mol. The summed E-state index contributed by atoms with van der Waals surface area (Å²) in [5, 5.41) is 13.8. The Kier molecular flexibility index (Phi) is 5.10.